The second-order valence-electron chi connectivity index (χ2n) is 3.08. The van der Waals surface area contributed by atoms with Gasteiger partial charge in [0, 0.05) is 19.7 Å². The molecule has 0 aliphatic carbocycles. The van der Waals surface area contributed by atoms with Crippen molar-refractivity contribution in [3.8, 4) is 0 Å². The van der Waals surface area contributed by atoms with Crippen LogP contribution in [-0.2, 0) is 17.8 Å². The van der Waals surface area contributed by atoms with Gasteiger partial charge >= 0.3 is 5.69 Å². The van der Waals surface area contributed by atoms with Gasteiger partial charge in [-0.25, -0.2) is 4.79 Å². The van der Waals surface area contributed by atoms with Crippen molar-refractivity contribution in [3.05, 3.63) is 26.9 Å². The van der Waals surface area contributed by atoms with Crippen molar-refractivity contribution in [3.63, 3.8) is 0 Å². The number of ether oxygens (including phenoxy) is 1. The molecular weight excluding hydrogens is 198 g/mol. The molecule has 0 fully saturated rings. The maximum absolute atomic E-state index is 11.7. The number of anilines is 1. The largest absolute Gasteiger partial charge is 0.385 e. The summed E-state index contributed by atoms with van der Waals surface area (Å²) in [4.78, 5) is 23.1. The Balaban J connectivity index is 3.27. The Morgan fingerprint density at radius 2 is 2.07 bits per heavy atom. The molecule has 6 heteroatoms. The van der Waals surface area contributed by atoms with E-state index in [2.05, 4.69) is 0 Å². The van der Waals surface area contributed by atoms with E-state index in [9.17, 15) is 9.59 Å². The van der Waals surface area contributed by atoms with E-state index in [0.717, 1.165) is 4.57 Å². The molecule has 0 unspecified atom stereocenters. The SMILES string of the molecule is CCn1c(=O)cc(N)n(CCOC)c1=O. The van der Waals surface area contributed by atoms with Crippen LogP contribution in [-0.4, -0.2) is 22.9 Å². The van der Waals surface area contributed by atoms with Crippen LogP contribution in [0, 0.1) is 0 Å². The highest BCUT2D eigenvalue weighted by molar-refractivity contribution is 5.26. The van der Waals surface area contributed by atoms with Gasteiger partial charge < -0.3 is 10.5 Å². The molecule has 1 rings (SSSR count). The zero-order valence-electron chi connectivity index (χ0n) is 8.90. The molecule has 1 aromatic heterocycles. The number of nitrogen functional groups attached to an aromatic ring is 1. The maximum atomic E-state index is 11.7. The van der Waals surface area contributed by atoms with E-state index in [1.807, 2.05) is 0 Å². The Kier molecular flexibility index (Phi) is 3.68. The van der Waals surface area contributed by atoms with E-state index in [1.54, 1.807) is 6.92 Å². The average Bonchev–Trinajstić information content (AvgIpc) is 2.17. The predicted molar refractivity (Wildman–Crippen MR) is 56.9 cm³/mol. The Labute approximate surface area is 86.9 Å². The molecule has 0 saturated carbocycles. The molecule has 2 N–H and O–H groups in total. The summed E-state index contributed by atoms with van der Waals surface area (Å²) in [6.07, 6.45) is 0. The monoisotopic (exact) mass is 213 g/mol. The van der Waals surface area contributed by atoms with E-state index in [-0.39, 0.29) is 17.1 Å². The summed E-state index contributed by atoms with van der Waals surface area (Å²) < 4.78 is 7.32. The van der Waals surface area contributed by atoms with Crippen molar-refractivity contribution in [2.45, 2.75) is 20.0 Å². The molecule has 84 valence electrons. The quantitative estimate of drug-likeness (QED) is 0.714. The van der Waals surface area contributed by atoms with Crippen LogP contribution in [0.25, 0.3) is 0 Å². The van der Waals surface area contributed by atoms with Crippen molar-refractivity contribution >= 4 is 5.82 Å². The van der Waals surface area contributed by atoms with Crippen LogP contribution >= 0.6 is 0 Å². The van der Waals surface area contributed by atoms with Crippen molar-refractivity contribution in [1.82, 2.24) is 9.13 Å². The third kappa shape index (κ3) is 2.27. The van der Waals surface area contributed by atoms with Crippen LogP contribution < -0.4 is 17.0 Å². The van der Waals surface area contributed by atoms with Crippen LogP contribution in [0.3, 0.4) is 0 Å². The summed E-state index contributed by atoms with van der Waals surface area (Å²) in [7, 11) is 1.54. The number of aromatic nitrogens is 2. The first-order valence-corrected chi connectivity index (χ1v) is 4.71. The van der Waals surface area contributed by atoms with Crippen molar-refractivity contribution in [1.29, 1.82) is 0 Å². The van der Waals surface area contributed by atoms with Gasteiger partial charge in [-0.3, -0.25) is 13.9 Å². The zero-order chi connectivity index (χ0) is 11.4. The molecule has 15 heavy (non-hydrogen) atoms. The molecule has 1 aromatic rings. The van der Waals surface area contributed by atoms with Crippen LogP contribution in [0.2, 0.25) is 0 Å². The summed E-state index contributed by atoms with van der Waals surface area (Å²) in [5.74, 6) is 0.173. The van der Waals surface area contributed by atoms with Gasteiger partial charge in [-0.1, -0.05) is 0 Å². The minimum atomic E-state index is -0.389. The molecule has 6 nitrogen and oxygen atoms in total. The maximum Gasteiger partial charge on any atom is 0.332 e. The number of rotatable bonds is 4. The molecule has 0 spiro atoms. The fraction of sp³-hybridized carbons (Fsp3) is 0.556. The molecule has 0 atom stereocenters. The number of nitrogens with zero attached hydrogens (tertiary/aromatic N) is 2. The number of nitrogens with two attached hydrogens (primary N) is 1. The van der Waals surface area contributed by atoms with Crippen molar-refractivity contribution in [2.75, 3.05) is 19.5 Å². The Hall–Kier alpha value is -1.56. The van der Waals surface area contributed by atoms with Gasteiger partial charge in [-0.2, -0.15) is 0 Å². The number of hydrogen-bond donors (Lipinski definition) is 1. The van der Waals surface area contributed by atoms with Gasteiger partial charge in [0.2, 0.25) is 0 Å². The highest BCUT2D eigenvalue weighted by atomic mass is 16.5. The normalized spacial score (nSPS) is 10.5. The molecule has 0 saturated heterocycles. The molecule has 0 bridgehead atoms. The summed E-state index contributed by atoms with van der Waals surface area (Å²) in [6.45, 7) is 2.80. The minimum absolute atomic E-state index is 0.173. The van der Waals surface area contributed by atoms with Gasteiger partial charge in [0.1, 0.15) is 5.82 Å². The molecule has 0 aliphatic heterocycles. The fourth-order valence-corrected chi connectivity index (χ4v) is 1.33. The van der Waals surface area contributed by atoms with Crippen molar-refractivity contribution < 1.29 is 4.74 Å². The lowest BCUT2D eigenvalue weighted by Crippen LogP contribution is -2.40. The van der Waals surface area contributed by atoms with E-state index in [4.69, 9.17) is 10.5 Å². The minimum Gasteiger partial charge on any atom is -0.385 e. The smallest absolute Gasteiger partial charge is 0.332 e. The summed E-state index contributed by atoms with van der Waals surface area (Å²) >= 11 is 0. The van der Waals surface area contributed by atoms with Crippen LogP contribution in [0.5, 0.6) is 0 Å². The first kappa shape index (κ1) is 11.5. The number of methoxy groups -OCH3 is 1. The van der Waals surface area contributed by atoms with Crippen molar-refractivity contribution in [2.24, 2.45) is 0 Å². The summed E-state index contributed by atoms with van der Waals surface area (Å²) in [6, 6.07) is 1.25. The van der Waals surface area contributed by atoms with Crippen LogP contribution in [0.1, 0.15) is 6.92 Å². The molecule has 0 amide bonds. The lowest BCUT2D eigenvalue weighted by atomic mass is 10.5. The van der Waals surface area contributed by atoms with Gasteiger partial charge in [0.15, 0.2) is 0 Å². The molecule has 1 heterocycles. The van der Waals surface area contributed by atoms with Crippen LogP contribution in [0.4, 0.5) is 5.82 Å². The molecule has 0 aromatic carbocycles. The molecular formula is C9H15N3O3. The lowest BCUT2D eigenvalue weighted by Gasteiger charge is -2.10. The Bertz CT molecular complexity index is 447. The van der Waals surface area contributed by atoms with E-state index >= 15 is 0 Å². The van der Waals surface area contributed by atoms with Gasteiger partial charge in [-0.05, 0) is 6.92 Å². The fourth-order valence-electron chi connectivity index (χ4n) is 1.33. The van der Waals surface area contributed by atoms with E-state index in [1.165, 1.54) is 17.7 Å². The highest BCUT2D eigenvalue weighted by Gasteiger charge is 2.07. The topological polar surface area (TPSA) is 79.2 Å². The molecule has 0 aliphatic rings. The third-order valence-corrected chi connectivity index (χ3v) is 2.15. The van der Waals surface area contributed by atoms with Crippen LogP contribution in [0.15, 0.2) is 15.7 Å². The Morgan fingerprint density at radius 3 is 2.60 bits per heavy atom. The van der Waals surface area contributed by atoms with Gasteiger partial charge in [-0.15, -0.1) is 0 Å². The molecule has 0 radical (unpaired) electrons. The third-order valence-electron chi connectivity index (χ3n) is 2.15. The standard InChI is InChI=1S/C9H15N3O3/c1-3-11-8(13)6-7(10)12(9(11)14)4-5-15-2/h6H,3-5,10H2,1-2H3. The second-order valence-corrected chi connectivity index (χ2v) is 3.08. The van der Waals surface area contributed by atoms with E-state index < -0.39 is 0 Å². The first-order valence-electron chi connectivity index (χ1n) is 4.71. The average molecular weight is 213 g/mol. The summed E-state index contributed by atoms with van der Waals surface area (Å²) in [5, 5.41) is 0. The first-order chi connectivity index (χ1) is 7.11. The summed E-state index contributed by atoms with van der Waals surface area (Å²) in [5.41, 5.74) is 4.82. The lowest BCUT2D eigenvalue weighted by molar-refractivity contribution is 0.185. The zero-order valence-corrected chi connectivity index (χ0v) is 8.90. The second kappa shape index (κ2) is 4.79. The highest BCUT2D eigenvalue weighted by Crippen LogP contribution is 1.93. The Morgan fingerprint density at radius 1 is 1.40 bits per heavy atom. The van der Waals surface area contributed by atoms with E-state index in [0.29, 0.717) is 19.7 Å². The number of hydrogen-bond acceptors (Lipinski definition) is 4. The van der Waals surface area contributed by atoms with Gasteiger partial charge in [0.05, 0.1) is 13.2 Å². The van der Waals surface area contributed by atoms with Gasteiger partial charge in [0.25, 0.3) is 5.56 Å². The predicted octanol–water partition coefficient (Wildman–Crippen LogP) is -0.741.